The number of aryl methyl sites for hydroxylation is 1. The fourth-order valence-corrected chi connectivity index (χ4v) is 1.94. The number of nitrogens with zero attached hydrogens (tertiary/aromatic N) is 1. The molecule has 0 aliphatic heterocycles. The van der Waals surface area contributed by atoms with E-state index in [-0.39, 0.29) is 6.42 Å². The molecular formula is C12H13NO3. The minimum atomic E-state index is -0.833. The van der Waals surface area contributed by atoms with Crippen LogP contribution in [0.5, 0.6) is 5.88 Å². The number of fused-ring (bicyclic) bond motifs is 1. The minimum Gasteiger partial charge on any atom is -0.481 e. The number of hydrogen-bond donors (Lipinski definition) is 1. The van der Waals surface area contributed by atoms with Crippen molar-refractivity contribution in [2.45, 2.75) is 19.8 Å². The molecular weight excluding hydrogens is 206 g/mol. The zero-order chi connectivity index (χ0) is 11.7. The van der Waals surface area contributed by atoms with Crippen LogP contribution in [0.2, 0.25) is 0 Å². The highest BCUT2D eigenvalue weighted by Gasteiger charge is 2.19. The first-order valence-electron chi connectivity index (χ1n) is 5.07. The van der Waals surface area contributed by atoms with Gasteiger partial charge in [-0.15, -0.1) is 0 Å². The molecule has 1 aromatic rings. The number of pyridine rings is 1. The van der Waals surface area contributed by atoms with Crippen LogP contribution in [0, 0.1) is 6.92 Å². The first-order valence-corrected chi connectivity index (χ1v) is 5.07. The van der Waals surface area contributed by atoms with E-state index in [2.05, 4.69) is 4.98 Å². The van der Waals surface area contributed by atoms with E-state index in [1.54, 1.807) is 7.11 Å². The number of rotatable bonds is 3. The Kier molecular flexibility index (Phi) is 2.64. The van der Waals surface area contributed by atoms with Gasteiger partial charge in [0.25, 0.3) is 0 Å². The zero-order valence-electron chi connectivity index (χ0n) is 9.28. The van der Waals surface area contributed by atoms with Crippen molar-refractivity contribution in [1.82, 2.24) is 4.98 Å². The van der Waals surface area contributed by atoms with Gasteiger partial charge < -0.3 is 9.84 Å². The largest absolute Gasteiger partial charge is 0.481 e. The third-order valence-corrected chi connectivity index (χ3v) is 2.65. The van der Waals surface area contributed by atoms with Crippen molar-refractivity contribution in [3.05, 3.63) is 29.0 Å². The van der Waals surface area contributed by atoms with E-state index in [1.165, 1.54) is 0 Å². The maximum absolute atomic E-state index is 10.7. The Bertz CT molecular complexity index is 477. The van der Waals surface area contributed by atoms with E-state index in [4.69, 9.17) is 9.84 Å². The van der Waals surface area contributed by atoms with Gasteiger partial charge in [0.1, 0.15) is 0 Å². The summed E-state index contributed by atoms with van der Waals surface area (Å²) in [7, 11) is 1.57. The highest BCUT2D eigenvalue weighted by molar-refractivity contribution is 5.85. The Hall–Kier alpha value is -1.84. The molecule has 1 aromatic heterocycles. The zero-order valence-corrected chi connectivity index (χ0v) is 9.28. The standard InChI is InChI=1S/C12H13NO3/c1-7-5-8-3-4-9(6-10(14)15)11(8)13-12(7)16-2/h4-5H,3,6H2,1-2H3,(H,14,15). The number of carboxylic acid groups (broad SMARTS) is 1. The van der Waals surface area contributed by atoms with Gasteiger partial charge in [0, 0.05) is 5.56 Å². The molecule has 0 fully saturated rings. The van der Waals surface area contributed by atoms with Crippen molar-refractivity contribution in [2.75, 3.05) is 7.11 Å². The maximum Gasteiger partial charge on any atom is 0.307 e. The Balaban J connectivity index is 2.39. The van der Waals surface area contributed by atoms with Gasteiger partial charge >= 0.3 is 5.97 Å². The molecule has 0 amide bonds. The third kappa shape index (κ3) is 1.78. The number of aliphatic carboxylic acids is 1. The molecule has 2 rings (SSSR count). The Morgan fingerprint density at radius 1 is 1.62 bits per heavy atom. The quantitative estimate of drug-likeness (QED) is 0.842. The predicted molar refractivity (Wildman–Crippen MR) is 59.5 cm³/mol. The number of carboxylic acids is 1. The number of aromatic nitrogens is 1. The van der Waals surface area contributed by atoms with Gasteiger partial charge in [0.2, 0.25) is 5.88 Å². The lowest BCUT2D eigenvalue weighted by Crippen LogP contribution is -2.00. The monoisotopic (exact) mass is 219 g/mol. The average Bonchev–Trinajstić information content (AvgIpc) is 2.59. The Morgan fingerprint density at radius 3 is 3.00 bits per heavy atom. The van der Waals surface area contributed by atoms with E-state index in [0.717, 1.165) is 28.8 Å². The first kappa shape index (κ1) is 10.7. The summed E-state index contributed by atoms with van der Waals surface area (Å²) in [4.78, 5) is 15.0. The number of methoxy groups -OCH3 is 1. The molecule has 0 bridgehead atoms. The number of ether oxygens (including phenoxy) is 1. The second-order valence-corrected chi connectivity index (χ2v) is 3.83. The fraction of sp³-hybridized carbons (Fsp3) is 0.333. The van der Waals surface area contributed by atoms with Crippen LogP contribution in [0.3, 0.4) is 0 Å². The average molecular weight is 219 g/mol. The fourth-order valence-electron chi connectivity index (χ4n) is 1.94. The summed E-state index contributed by atoms with van der Waals surface area (Å²) in [6.45, 7) is 1.93. The SMILES string of the molecule is COc1nc2c(cc1C)CC=C2CC(=O)O. The summed E-state index contributed by atoms with van der Waals surface area (Å²) in [6, 6.07) is 2.01. The van der Waals surface area contributed by atoms with Gasteiger partial charge in [-0.3, -0.25) is 4.79 Å². The van der Waals surface area contributed by atoms with Crippen molar-refractivity contribution in [3.63, 3.8) is 0 Å². The number of hydrogen-bond acceptors (Lipinski definition) is 3. The van der Waals surface area contributed by atoms with Crippen LogP contribution < -0.4 is 4.74 Å². The summed E-state index contributed by atoms with van der Waals surface area (Å²) >= 11 is 0. The molecule has 0 atom stereocenters. The number of allylic oxidation sites excluding steroid dienone is 1. The smallest absolute Gasteiger partial charge is 0.307 e. The van der Waals surface area contributed by atoms with E-state index in [9.17, 15) is 4.79 Å². The Morgan fingerprint density at radius 2 is 2.38 bits per heavy atom. The molecule has 0 saturated heterocycles. The third-order valence-electron chi connectivity index (χ3n) is 2.65. The molecule has 16 heavy (non-hydrogen) atoms. The molecule has 0 aromatic carbocycles. The van der Waals surface area contributed by atoms with Crippen molar-refractivity contribution in [2.24, 2.45) is 0 Å². The van der Waals surface area contributed by atoms with E-state index in [0.29, 0.717) is 5.88 Å². The molecule has 0 radical (unpaired) electrons. The van der Waals surface area contributed by atoms with Crippen LogP contribution in [0.25, 0.3) is 5.57 Å². The molecule has 0 spiro atoms. The van der Waals surface area contributed by atoms with Crippen LogP contribution in [-0.4, -0.2) is 23.2 Å². The topological polar surface area (TPSA) is 59.4 Å². The summed E-state index contributed by atoms with van der Waals surface area (Å²) in [6.07, 6.45) is 2.70. The second-order valence-electron chi connectivity index (χ2n) is 3.83. The molecule has 4 nitrogen and oxygen atoms in total. The van der Waals surface area contributed by atoms with Crippen molar-refractivity contribution >= 4 is 11.5 Å². The molecule has 0 saturated carbocycles. The lowest BCUT2D eigenvalue weighted by molar-refractivity contribution is -0.135. The van der Waals surface area contributed by atoms with Gasteiger partial charge in [-0.25, -0.2) is 4.98 Å². The van der Waals surface area contributed by atoms with E-state index >= 15 is 0 Å². The number of carbonyl (C=O) groups is 1. The maximum atomic E-state index is 10.7. The summed E-state index contributed by atoms with van der Waals surface area (Å²) in [5.41, 5.74) is 3.60. The lowest BCUT2D eigenvalue weighted by atomic mass is 10.1. The summed E-state index contributed by atoms with van der Waals surface area (Å²) in [5, 5.41) is 8.78. The van der Waals surface area contributed by atoms with Gasteiger partial charge in [0.15, 0.2) is 0 Å². The molecule has 1 heterocycles. The van der Waals surface area contributed by atoms with Gasteiger partial charge in [-0.05, 0) is 30.5 Å². The minimum absolute atomic E-state index is 0.0201. The van der Waals surface area contributed by atoms with Crippen molar-refractivity contribution in [3.8, 4) is 5.88 Å². The van der Waals surface area contributed by atoms with E-state index in [1.807, 2.05) is 19.1 Å². The first-order chi connectivity index (χ1) is 7.61. The molecule has 1 N–H and O–H groups in total. The molecule has 0 unspecified atom stereocenters. The molecule has 4 heteroatoms. The van der Waals surface area contributed by atoms with Crippen molar-refractivity contribution < 1.29 is 14.6 Å². The van der Waals surface area contributed by atoms with Crippen LogP contribution in [-0.2, 0) is 11.2 Å². The highest BCUT2D eigenvalue weighted by atomic mass is 16.5. The molecule has 84 valence electrons. The molecule has 1 aliphatic carbocycles. The highest BCUT2D eigenvalue weighted by Crippen LogP contribution is 2.31. The van der Waals surface area contributed by atoms with Crippen LogP contribution in [0.1, 0.15) is 23.2 Å². The normalized spacial score (nSPS) is 13.2. The van der Waals surface area contributed by atoms with Gasteiger partial charge in [-0.2, -0.15) is 0 Å². The van der Waals surface area contributed by atoms with Gasteiger partial charge in [-0.1, -0.05) is 6.08 Å². The summed E-state index contributed by atoms with van der Waals surface area (Å²) in [5.74, 6) is -0.266. The predicted octanol–water partition coefficient (Wildman–Crippen LogP) is 1.81. The summed E-state index contributed by atoms with van der Waals surface area (Å²) < 4.78 is 5.14. The molecule has 1 aliphatic rings. The van der Waals surface area contributed by atoms with Crippen LogP contribution >= 0.6 is 0 Å². The van der Waals surface area contributed by atoms with Gasteiger partial charge in [0.05, 0.1) is 19.2 Å². The van der Waals surface area contributed by atoms with Crippen LogP contribution in [0.4, 0.5) is 0 Å². The second kappa shape index (κ2) is 3.96. The van der Waals surface area contributed by atoms with Crippen LogP contribution in [0.15, 0.2) is 12.1 Å². The lowest BCUT2D eigenvalue weighted by Gasteiger charge is -2.08. The van der Waals surface area contributed by atoms with Crippen molar-refractivity contribution in [1.29, 1.82) is 0 Å². The Labute approximate surface area is 93.6 Å². The van der Waals surface area contributed by atoms with E-state index < -0.39 is 5.97 Å².